The highest BCUT2D eigenvalue weighted by atomic mass is 16.2. The van der Waals surface area contributed by atoms with E-state index in [1.54, 1.807) is 0 Å². The zero-order valence-electron chi connectivity index (χ0n) is 10.5. The minimum absolute atomic E-state index is 0.0162. The third-order valence-electron chi connectivity index (χ3n) is 4.27. The number of nitrogens with one attached hydrogen (secondary N) is 1. The van der Waals surface area contributed by atoms with Crippen molar-refractivity contribution in [1.82, 2.24) is 5.32 Å². The highest BCUT2D eigenvalue weighted by Crippen LogP contribution is 2.34. The van der Waals surface area contributed by atoms with Crippen LogP contribution in [-0.2, 0) is 4.79 Å². The average Bonchev–Trinajstić information content (AvgIpc) is 2.99. The van der Waals surface area contributed by atoms with Gasteiger partial charge in [0.1, 0.15) is 0 Å². The molecule has 0 heterocycles. The molecule has 0 spiro atoms. The molecule has 3 nitrogen and oxygen atoms in total. The lowest BCUT2D eigenvalue weighted by Gasteiger charge is -2.37. The van der Waals surface area contributed by atoms with E-state index in [-0.39, 0.29) is 17.4 Å². The molecule has 16 heavy (non-hydrogen) atoms. The second-order valence-corrected chi connectivity index (χ2v) is 5.94. The summed E-state index contributed by atoms with van der Waals surface area (Å²) in [5.41, 5.74) is 5.93. The Labute approximate surface area is 98.2 Å². The second kappa shape index (κ2) is 4.36. The summed E-state index contributed by atoms with van der Waals surface area (Å²) in [5, 5.41) is 3.15. The van der Waals surface area contributed by atoms with Crippen molar-refractivity contribution < 1.29 is 4.79 Å². The van der Waals surface area contributed by atoms with Gasteiger partial charge in [0.2, 0.25) is 5.91 Å². The molecule has 0 radical (unpaired) electrons. The Morgan fingerprint density at radius 3 is 2.62 bits per heavy atom. The maximum atomic E-state index is 12.2. The van der Waals surface area contributed by atoms with Crippen LogP contribution in [0.15, 0.2) is 0 Å². The Kier molecular flexibility index (Phi) is 3.24. The van der Waals surface area contributed by atoms with Crippen molar-refractivity contribution in [2.75, 3.05) is 0 Å². The van der Waals surface area contributed by atoms with E-state index in [2.05, 4.69) is 12.2 Å². The van der Waals surface area contributed by atoms with Crippen molar-refractivity contribution in [3.8, 4) is 0 Å². The molecule has 3 atom stereocenters. The van der Waals surface area contributed by atoms with Gasteiger partial charge in [-0.3, -0.25) is 4.79 Å². The smallest absolute Gasteiger partial charge is 0.225 e. The molecule has 2 saturated carbocycles. The van der Waals surface area contributed by atoms with Crippen LogP contribution in [0.25, 0.3) is 0 Å². The minimum Gasteiger partial charge on any atom is -0.353 e. The van der Waals surface area contributed by atoms with E-state index in [1.165, 1.54) is 12.8 Å². The Hall–Kier alpha value is -0.570. The number of carbonyl (C=O) groups is 1. The van der Waals surface area contributed by atoms with E-state index >= 15 is 0 Å². The van der Waals surface area contributed by atoms with E-state index in [1.807, 2.05) is 6.92 Å². The molecule has 2 aliphatic rings. The van der Waals surface area contributed by atoms with Crippen molar-refractivity contribution in [3.05, 3.63) is 0 Å². The van der Waals surface area contributed by atoms with Crippen molar-refractivity contribution >= 4 is 5.91 Å². The first-order chi connectivity index (χ1) is 7.50. The fourth-order valence-corrected chi connectivity index (χ4v) is 2.83. The van der Waals surface area contributed by atoms with Gasteiger partial charge in [0, 0.05) is 11.6 Å². The molecule has 0 aromatic rings. The normalized spacial score (nSPS) is 36.8. The summed E-state index contributed by atoms with van der Waals surface area (Å²) >= 11 is 0. The minimum atomic E-state index is -0.300. The third kappa shape index (κ3) is 2.57. The zero-order chi connectivity index (χ0) is 11.8. The van der Waals surface area contributed by atoms with Crippen LogP contribution >= 0.6 is 0 Å². The fourth-order valence-electron chi connectivity index (χ4n) is 2.83. The van der Waals surface area contributed by atoms with E-state index in [9.17, 15) is 4.79 Å². The summed E-state index contributed by atoms with van der Waals surface area (Å²) in [7, 11) is 0. The van der Waals surface area contributed by atoms with Gasteiger partial charge in [0.05, 0.1) is 5.92 Å². The van der Waals surface area contributed by atoms with Crippen LogP contribution in [0.2, 0.25) is 0 Å². The van der Waals surface area contributed by atoms with Crippen molar-refractivity contribution in [3.63, 3.8) is 0 Å². The Morgan fingerprint density at radius 1 is 1.38 bits per heavy atom. The first-order valence-electron chi connectivity index (χ1n) is 6.60. The van der Waals surface area contributed by atoms with Gasteiger partial charge >= 0.3 is 0 Å². The SMILES string of the molecule is CC(NC(=O)C1CCCCC1(C)N)C1CC1. The molecule has 0 saturated heterocycles. The molecule has 0 bridgehead atoms. The van der Waals surface area contributed by atoms with Gasteiger partial charge in [-0.2, -0.15) is 0 Å². The highest BCUT2D eigenvalue weighted by molar-refractivity contribution is 5.80. The topological polar surface area (TPSA) is 55.1 Å². The van der Waals surface area contributed by atoms with Crippen molar-refractivity contribution in [1.29, 1.82) is 0 Å². The van der Waals surface area contributed by atoms with Crippen molar-refractivity contribution in [2.45, 2.75) is 64.0 Å². The molecular formula is C13H24N2O. The van der Waals surface area contributed by atoms with Crippen LogP contribution < -0.4 is 11.1 Å². The standard InChI is InChI=1S/C13H24N2O/c1-9(10-6-7-10)15-12(16)11-5-3-4-8-13(11,2)14/h9-11H,3-8,14H2,1-2H3,(H,15,16). The molecule has 2 fully saturated rings. The zero-order valence-corrected chi connectivity index (χ0v) is 10.5. The summed E-state index contributed by atoms with van der Waals surface area (Å²) in [6.07, 6.45) is 6.77. The molecule has 1 amide bonds. The van der Waals surface area contributed by atoms with Gasteiger partial charge in [0.25, 0.3) is 0 Å². The number of rotatable bonds is 3. The number of amides is 1. The monoisotopic (exact) mass is 224 g/mol. The number of hydrogen-bond donors (Lipinski definition) is 2. The largest absolute Gasteiger partial charge is 0.353 e. The molecule has 2 aliphatic carbocycles. The fraction of sp³-hybridized carbons (Fsp3) is 0.923. The first kappa shape index (κ1) is 11.9. The van der Waals surface area contributed by atoms with E-state index in [0.29, 0.717) is 6.04 Å². The van der Waals surface area contributed by atoms with Gasteiger partial charge < -0.3 is 11.1 Å². The highest BCUT2D eigenvalue weighted by Gasteiger charge is 2.39. The van der Waals surface area contributed by atoms with Gasteiger partial charge in [-0.05, 0) is 45.4 Å². The maximum Gasteiger partial charge on any atom is 0.225 e. The number of carbonyl (C=O) groups excluding carboxylic acids is 1. The van der Waals surface area contributed by atoms with E-state index in [0.717, 1.165) is 31.6 Å². The lowest BCUT2D eigenvalue weighted by atomic mass is 9.74. The van der Waals surface area contributed by atoms with Gasteiger partial charge in [0.15, 0.2) is 0 Å². The predicted octanol–water partition coefficient (Wildman–Crippen LogP) is 1.81. The lowest BCUT2D eigenvalue weighted by molar-refractivity contribution is -0.128. The number of hydrogen-bond acceptors (Lipinski definition) is 2. The summed E-state index contributed by atoms with van der Waals surface area (Å²) in [5.74, 6) is 0.920. The number of nitrogens with two attached hydrogens (primary N) is 1. The molecule has 2 rings (SSSR count). The van der Waals surface area contributed by atoms with Gasteiger partial charge in [-0.25, -0.2) is 0 Å². The summed E-state index contributed by atoms with van der Waals surface area (Å²) in [6, 6.07) is 0.338. The summed E-state index contributed by atoms with van der Waals surface area (Å²) < 4.78 is 0. The molecule has 0 aromatic carbocycles. The van der Waals surface area contributed by atoms with Gasteiger partial charge in [-0.15, -0.1) is 0 Å². The Balaban J connectivity index is 1.91. The molecule has 3 N–H and O–H groups in total. The predicted molar refractivity (Wildman–Crippen MR) is 64.9 cm³/mol. The van der Waals surface area contributed by atoms with E-state index < -0.39 is 0 Å². The van der Waals surface area contributed by atoms with Crippen LogP contribution in [-0.4, -0.2) is 17.5 Å². The van der Waals surface area contributed by atoms with Gasteiger partial charge in [-0.1, -0.05) is 12.8 Å². The van der Waals surface area contributed by atoms with Crippen LogP contribution in [0, 0.1) is 11.8 Å². The quantitative estimate of drug-likeness (QED) is 0.768. The molecule has 3 heteroatoms. The van der Waals surface area contributed by atoms with Crippen LogP contribution in [0.4, 0.5) is 0 Å². The van der Waals surface area contributed by atoms with Crippen molar-refractivity contribution in [2.24, 2.45) is 17.6 Å². The Morgan fingerprint density at radius 2 is 2.06 bits per heavy atom. The Bertz CT molecular complexity index is 271. The summed E-state index contributed by atoms with van der Waals surface area (Å²) in [4.78, 5) is 12.2. The molecule has 0 aliphatic heterocycles. The van der Waals surface area contributed by atoms with Crippen LogP contribution in [0.3, 0.4) is 0 Å². The van der Waals surface area contributed by atoms with Crippen LogP contribution in [0.5, 0.6) is 0 Å². The molecule has 92 valence electrons. The molecular weight excluding hydrogens is 200 g/mol. The second-order valence-electron chi connectivity index (χ2n) is 5.94. The molecule has 3 unspecified atom stereocenters. The molecule has 0 aromatic heterocycles. The average molecular weight is 224 g/mol. The van der Waals surface area contributed by atoms with Crippen LogP contribution in [0.1, 0.15) is 52.4 Å². The summed E-state index contributed by atoms with van der Waals surface area (Å²) in [6.45, 7) is 4.14. The third-order valence-corrected chi connectivity index (χ3v) is 4.27. The first-order valence-corrected chi connectivity index (χ1v) is 6.60. The van der Waals surface area contributed by atoms with E-state index in [4.69, 9.17) is 5.73 Å². The lowest BCUT2D eigenvalue weighted by Crippen LogP contribution is -2.54. The maximum absolute atomic E-state index is 12.2.